The lowest BCUT2D eigenvalue weighted by Crippen LogP contribution is -2.45. The van der Waals surface area contributed by atoms with Crippen LogP contribution in [-0.4, -0.2) is 28.1 Å². The minimum absolute atomic E-state index is 0.138. The van der Waals surface area contributed by atoms with Crippen molar-refractivity contribution in [2.75, 3.05) is 5.32 Å². The van der Waals surface area contributed by atoms with E-state index in [1.54, 1.807) is 12.1 Å². The minimum Gasteiger partial charge on any atom is -0.344 e. The fraction of sp³-hybridized carbons (Fsp3) is 0.333. The van der Waals surface area contributed by atoms with E-state index in [1.165, 1.54) is 23.5 Å². The van der Waals surface area contributed by atoms with Crippen LogP contribution in [0, 0.1) is 5.82 Å². The van der Waals surface area contributed by atoms with E-state index in [4.69, 9.17) is 0 Å². The number of carbonyl (C=O) groups excluding carboxylic acids is 2. The Morgan fingerprint density at radius 3 is 2.47 bits per heavy atom. The molecular weight excluding hydrogens is 427 g/mol. The number of benzene rings is 2. The zero-order valence-corrected chi connectivity index (χ0v) is 18.8. The summed E-state index contributed by atoms with van der Waals surface area (Å²) in [4.78, 5) is 25.4. The van der Waals surface area contributed by atoms with Gasteiger partial charge in [-0.25, -0.2) is 4.39 Å². The van der Waals surface area contributed by atoms with Gasteiger partial charge >= 0.3 is 0 Å². The summed E-state index contributed by atoms with van der Waals surface area (Å²) in [5.41, 5.74) is 1.66. The maximum atomic E-state index is 13.1. The monoisotopic (exact) mass is 454 g/mol. The van der Waals surface area contributed by atoms with Crippen molar-refractivity contribution in [2.45, 2.75) is 51.5 Å². The molecule has 0 radical (unpaired) electrons. The van der Waals surface area contributed by atoms with E-state index in [2.05, 4.69) is 27.8 Å². The maximum Gasteiger partial charge on any atom is 0.249 e. The van der Waals surface area contributed by atoms with Crippen LogP contribution in [-0.2, 0) is 16.0 Å². The van der Waals surface area contributed by atoms with Gasteiger partial charge in [0.05, 0.1) is 0 Å². The summed E-state index contributed by atoms with van der Waals surface area (Å²) >= 11 is 1.19. The number of hydrogen-bond donors (Lipinski definition) is 2. The van der Waals surface area contributed by atoms with Crippen LogP contribution in [0.3, 0.4) is 0 Å². The molecule has 0 spiro atoms. The van der Waals surface area contributed by atoms with Gasteiger partial charge in [-0.3, -0.25) is 14.9 Å². The van der Waals surface area contributed by atoms with Gasteiger partial charge in [-0.15, -0.1) is 10.2 Å². The summed E-state index contributed by atoms with van der Waals surface area (Å²) in [5, 5.41) is 14.6. The number of nitrogens with one attached hydrogen (secondary N) is 2. The average Bonchev–Trinajstić information content (AvgIpc) is 3.26. The summed E-state index contributed by atoms with van der Waals surface area (Å²) in [7, 11) is 0. The zero-order valence-electron chi connectivity index (χ0n) is 18.0. The van der Waals surface area contributed by atoms with Crippen LogP contribution < -0.4 is 10.6 Å². The first-order valence-corrected chi connectivity index (χ1v) is 11.6. The topological polar surface area (TPSA) is 84.0 Å². The van der Waals surface area contributed by atoms with Crippen molar-refractivity contribution in [3.8, 4) is 10.6 Å². The van der Waals surface area contributed by atoms with E-state index in [-0.39, 0.29) is 17.6 Å². The van der Waals surface area contributed by atoms with E-state index in [0.717, 1.165) is 31.2 Å². The van der Waals surface area contributed by atoms with Crippen molar-refractivity contribution < 1.29 is 14.0 Å². The Kier molecular flexibility index (Phi) is 8.86. The second-order valence-electron chi connectivity index (χ2n) is 7.53. The molecule has 3 rings (SSSR count). The number of carbonyl (C=O) groups is 2. The number of anilines is 1. The van der Waals surface area contributed by atoms with Crippen molar-refractivity contribution in [3.05, 3.63) is 66.0 Å². The quantitative estimate of drug-likeness (QED) is 0.400. The van der Waals surface area contributed by atoms with Gasteiger partial charge in [-0.1, -0.05) is 67.9 Å². The zero-order chi connectivity index (χ0) is 22.8. The summed E-state index contributed by atoms with van der Waals surface area (Å²) in [6.07, 6.45) is 4.76. The highest BCUT2D eigenvalue weighted by Gasteiger charge is 2.22. The number of amides is 2. The molecule has 0 fully saturated rings. The Hall–Kier alpha value is -3.13. The second-order valence-corrected chi connectivity index (χ2v) is 8.51. The Balaban J connectivity index is 1.66. The Morgan fingerprint density at radius 1 is 1.00 bits per heavy atom. The molecule has 1 heterocycles. The summed E-state index contributed by atoms with van der Waals surface area (Å²) in [5.74, 6) is -0.819. The predicted octanol–water partition coefficient (Wildman–Crippen LogP) is 4.98. The van der Waals surface area contributed by atoms with Crippen LogP contribution in [0.2, 0.25) is 0 Å². The van der Waals surface area contributed by atoms with Crippen molar-refractivity contribution in [3.63, 3.8) is 0 Å². The minimum atomic E-state index is -0.728. The molecular formula is C24H27FN4O2S. The van der Waals surface area contributed by atoms with Crippen molar-refractivity contribution in [1.29, 1.82) is 0 Å². The van der Waals surface area contributed by atoms with Gasteiger partial charge in [-0.05, 0) is 36.2 Å². The van der Waals surface area contributed by atoms with E-state index < -0.39 is 6.04 Å². The first-order valence-electron chi connectivity index (χ1n) is 10.8. The SMILES string of the molecule is CCCCCCC(=O)N[C@H](Cc1ccccc1)C(=O)Nc1nnc(-c2ccc(F)cc2)s1. The van der Waals surface area contributed by atoms with Crippen molar-refractivity contribution in [2.24, 2.45) is 0 Å². The summed E-state index contributed by atoms with van der Waals surface area (Å²) < 4.78 is 13.1. The normalized spacial score (nSPS) is 11.7. The van der Waals surface area contributed by atoms with Gasteiger partial charge in [0.25, 0.3) is 0 Å². The lowest BCUT2D eigenvalue weighted by molar-refractivity contribution is -0.126. The Labute approximate surface area is 191 Å². The Bertz CT molecular complexity index is 1010. The van der Waals surface area contributed by atoms with Crippen LogP contribution >= 0.6 is 11.3 Å². The lowest BCUT2D eigenvalue weighted by atomic mass is 10.0. The van der Waals surface area contributed by atoms with Gasteiger partial charge in [-0.2, -0.15) is 0 Å². The fourth-order valence-electron chi connectivity index (χ4n) is 3.21. The fourth-order valence-corrected chi connectivity index (χ4v) is 3.97. The van der Waals surface area contributed by atoms with E-state index >= 15 is 0 Å². The highest BCUT2D eigenvalue weighted by atomic mass is 32.1. The molecule has 0 bridgehead atoms. The van der Waals surface area contributed by atoms with Gasteiger partial charge in [0.15, 0.2) is 0 Å². The number of halogens is 1. The first-order chi connectivity index (χ1) is 15.5. The number of rotatable bonds is 11. The number of unbranched alkanes of at least 4 members (excludes halogenated alkanes) is 3. The van der Waals surface area contributed by atoms with Crippen LogP contribution in [0.25, 0.3) is 10.6 Å². The number of hydrogen-bond acceptors (Lipinski definition) is 5. The molecule has 0 saturated heterocycles. The van der Waals surface area contributed by atoms with E-state index in [1.807, 2.05) is 30.3 Å². The average molecular weight is 455 g/mol. The summed E-state index contributed by atoms with van der Waals surface area (Å²) in [6.45, 7) is 2.12. The third-order valence-corrected chi connectivity index (χ3v) is 5.83. The Morgan fingerprint density at radius 2 is 1.75 bits per heavy atom. The molecule has 0 unspecified atom stereocenters. The molecule has 1 atom stereocenters. The van der Waals surface area contributed by atoms with E-state index in [0.29, 0.717) is 28.5 Å². The molecule has 2 aromatic carbocycles. The van der Waals surface area contributed by atoms with Crippen molar-refractivity contribution in [1.82, 2.24) is 15.5 Å². The van der Waals surface area contributed by atoms with Gasteiger partial charge in [0.1, 0.15) is 16.9 Å². The smallest absolute Gasteiger partial charge is 0.249 e. The van der Waals surface area contributed by atoms with Crippen LogP contribution in [0.5, 0.6) is 0 Å². The molecule has 168 valence electrons. The maximum absolute atomic E-state index is 13.1. The molecule has 0 saturated carbocycles. The molecule has 2 amide bonds. The molecule has 3 aromatic rings. The molecule has 1 aromatic heterocycles. The second kappa shape index (κ2) is 12.0. The number of nitrogens with zero attached hydrogens (tertiary/aromatic N) is 2. The molecule has 0 aliphatic carbocycles. The van der Waals surface area contributed by atoms with E-state index in [9.17, 15) is 14.0 Å². The predicted molar refractivity (Wildman–Crippen MR) is 125 cm³/mol. The molecule has 6 nitrogen and oxygen atoms in total. The number of aromatic nitrogens is 2. The largest absolute Gasteiger partial charge is 0.344 e. The van der Waals surface area contributed by atoms with Gasteiger partial charge < -0.3 is 5.32 Å². The summed E-state index contributed by atoms with van der Waals surface area (Å²) in [6, 6.07) is 14.7. The van der Waals surface area contributed by atoms with Crippen LogP contribution in [0.4, 0.5) is 9.52 Å². The highest BCUT2D eigenvalue weighted by molar-refractivity contribution is 7.18. The molecule has 0 aliphatic rings. The van der Waals surface area contributed by atoms with Gasteiger partial charge in [0, 0.05) is 18.4 Å². The third-order valence-electron chi connectivity index (χ3n) is 4.94. The first kappa shape index (κ1) is 23.5. The molecule has 0 aliphatic heterocycles. The lowest BCUT2D eigenvalue weighted by Gasteiger charge is -2.18. The van der Waals surface area contributed by atoms with Crippen LogP contribution in [0.1, 0.15) is 44.6 Å². The molecule has 8 heteroatoms. The molecule has 32 heavy (non-hydrogen) atoms. The molecule has 2 N–H and O–H groups in total. The van der Waals surface area contributed by atoms with Crippen LogP contribution in [0.15, 0.2) is 54.6 Å². The third kappa shape index (κ3) is 7.23. The van der Waals surface area contributed by atoms with Gasteiger partial charge in [0.2, 0.25) is 16.9 Å². The standard InChI is InChI=1S/C24H27FN4O2S/c1-2-3-4-8-11-21(30)26-20(16-17-9-6-5-7-10-17)22(31)27-24-29-28-23(32-24)18-12-14-19(25)15-13-18/h5-7,9-10,12-15,20H,2-4,8,11,16H2,1H3,(H,26,30)(H,27,29,31)/t20-/m1/s1. The van der Waals surface area contributed by atoms with Crippen molar-refractivity contribution >= 4 is 28.3 Å². The highest BCUT2D eigenvalue weighted by Crippen LogP contribution is 2.26.